The van der Waals surface area contributed by atoms with E-state index in [9.17, 15) is 0 Å². The van der Waals surface area contributed by atoms with Crippen LogP contribution >= 0.6 is 0 Å². The van der Waals surface area contributed by atoms with Crippen molar-refractivity contribution >= 4 is 43.6 Å². The molecule has 18 aromatic rings. The van der Waals surface area contributed by atoms with E-state index in [1.165, 1.54) is 177 Å². The van der Waals surface area contributed by atoms with Gasteiger partial charge in [-0.05, 0) is 225 Å². The Kier molecular flexibility index (Phi) is 14.0. The second kappa shape index (κ2) is 24.1. The molecule has 99 heavy (non-hydrogen) atoms. The van der Waals surface area contributed by atoms with Gasteiger partial charge in [-0.1, -0.05) is 291 Å². The van der Waals surface area contributed by atoms with Crippen molar-refractivity contribution in [3.05, 3.63) is 387 Å². The van der Waals surface area contributed by atoms with Gasteiger partial charge in [0, 0.05) is 32.9 Å². The lowest BCUT2D eigenvalue weighted by atomic mass is 9.92. The molecule has 16 aromatic carbocycles. The molecule has 0 saturated heterocycles. The van der Waals surface area contributed by atoms with E-state index in [-0.39, 0.29) is 0 Å². The van der Waals surface area contributed by atoms with Crippen molar-refractivity contribution in [1.29, 1.82) is 0 Å². The molecule has 462 valence electrons. The van der Waals surface area contributed by atoms with Gasteiger partial charge in [0.05, 0.1) is 22.1 Å². The summed E-state index contributed by atoms with van der Waals surface area (Å²) in [6.07, 6.45) is 0.920. The molecule has 0 unspecified atom stereocenters. The van der Waals surface area contributed by atoms with Crippen LogP contribution in [0.4, 0.5) is 0 Å². The molecule has 0 atom stereocenters. The molecule has 0 bridgehead atoms. The third-order valence-electron chi connectivity index (χ3n) is 20.6. The van der Waals surface area contributed by atoms with Crippen LogP contribution in [-0.4, -0.2) is 9.13 Å². The lowest BCUT2D eigenvalue weighted by Crippen LogP contribution is -1.94. The van der Waals surface area contributed by atoms with Crippen LogP contribution in [0.15, 0.2) is 376 Å². The van der Waals surface area contributed by atoms with E-state index in [0.717, 1.165) is 17.8 Å². The minimum atomic E-state index is 0.920. The summed E-state index contributed by atoms with van der Waals surface area (Å²) in [7, 11) is 0. The van der Waals surface area contributed by atoms with Crippen molar-refractivity contribution in [3.63, 3.8) is 0 Å². The van der Waals surface area contributed by atoms with Crippen molar-refractivity contribution in [3.8, 4) is 134 Å². The number of rotatable bonds is 12. The molecule has 0 aliphatic heterocycles. The predicted octanol–water partition coefficient (Wildman–Crippen LogP) is 26.1. The molecule has 0 spiro atoms. The normalized spacial score (nSPS) is 11.8. The van der Waals surface area contributed by atoms with Crippen LogP contribution in [0.1, 0.15) is 11.1 Å². The summed E-state index contributed by atoms with van der Waals surface area (Å²) in [6.45, 7) is 0. The van der Waals surface area contributed by atoms with Crippen LogP contribution in [-0.2, 0) is 6.42 Å². The lowest BCUT2D eigenvalue weighted by molar-refractivity contribution is 1.18. The summed E-state index contributed by atoms with van der Waals surface area (Å²) in [4.78, 5) is 0. The van der Waals surface area contributed by atoms with Crippen molar-refractivity contribution < 1.29 is 0 Å². The minimum Gasteiger partial charge on any atom is -0.309 e. The van der Waals surface area contributed by atoms with Crippen molar-refractivity contribution in [1.82, 2.24) is 9.13 Å². The van der Waals surface area contributed by atoms with Gasteiger partial charge in [-0.25, -0.2) is 0 Å². The van der Waals surface area contributed by atoms with Crippen molar-refractivity contribution in [2.45, 2.75) is 6.42 Å². The summed E-state index contributed by atoms with van der Waals surface area (Å²) in [6, 6.07) is 139. The fraction of sp³-hybridized carbons (Fsp3) is 0.0103. The van der Waals surface area contributed by atoms with Crippen molar-refractivity contribution in [2.75, 3.05) is 0 Å². The first-order chi connectivity index (χ1) is 49.1. The average Bonchev–Trinajstić information content (AvgIpc) is 1.61. The van der Waals surface area contributed by atoms with Gasteiger partial charge in [0.2, 0.25) is 0 Å². The molecule has 0 radical (unpaired) electrons. The van der Waals surface area contributed by atoms with Gasteiger partial charge < -0.3 is 9.13 Å². The van der Waals surface area contributed by atoms with E-state index < -0.39 is 0 Å². The van der Waals surface area contributed by atoms with Crippen LogP contribution < -0.4 is 0 Å². The molecule has 2 aromatic heterocycles. The zero-order valence-corrected chi connectivity index (χ0v) is 54.4. The van der Waals surface area contributed by atoms with Gasteiger partial charge in [-0.2, -0.15) is 0 Å². The molecule has 2 heteroatoms. The molecule has 0 fully saturated rings. The highest BCUT2D eigenvalue weighted by Crippen LogP contribution is 2.46. The van der Waals surface area contributed by atoms with E-state index in [2.05, 4.69) is 385 Å². The van der Waals surface area contributed by atoms with E-state index in [1.54, 1.807) is 0 Å². The topological polar surface area (TPSA) is 9.86 Å². The van der Waals surface area contributed by atoms with E-state index in [1.807, 2.05) is 0 Å². The fourth-order valence-electron chi connectivity index (χ4n) is 15.8. The second-order valence-electron chi connectivity index (χ2n) is 26.3. The Morgan fingerprint density at radius 2 is 0.374 bits per heavy atom. The smallest absolute Gasteiger partial charge is 0.0541 e. The largest absolute Gasteiger partial charge is 0.309 e. The molecule has 0 saturated carbocycles. The lowest BCUT2D eigenvalue weighted by Gasteiger charge is -2.13. The molecular weight excluding hydrogens is 1190 g/mol. The van der Waals surface area contributed by atoms with Crippen molar-refractivity contribution in [2.24, 2.45) is 0 Å². The zero-order chi connectivity index (χ0) is 65.3. The Hall–Kier alpha value is -12.9. The first-order valence-electron chi connectivity index (χ1n) is 34.3. The number of nitrogens with zero attached hydrogens (tertiary/aromatic N) is 2. The second-order valence-corrected chi connectivity index (χ2v) is 26.3. The number of hydrogen-bond acceptors (Lipinski definition) is 0. The Bertz CT molecular complexity index is 5480. The SMILES string of the molecule is c1ccc(-c2ccccc2-c2ccc3c(c2)c2cc(-c4ccccc4-c4ccccc4)ccc2n3-c2ccc(-c3ccc4c(c3)-c3cc(-c5ccc(-n6c7ccc(-c8ccccc8-c8ccccc8)cc7c7cc(-c8ccccc8-c8ccccc8)ccc76)cc5)ccc3C4)cc2)cc1. The summed E-state index contributed by atoms with van der Waals surface area (Å²) in [5, 5.41) is 4.87. The average molecular weight is 1260 g/mol. The highest BCUT2D eigenvalue weighted by atomic mass is 15.0. The van der Waals surface area contributed by atoms with Gasteiger partial charge in [0.25, 0.3) is 0 Å². The van der Waals surface area contributed by atoms with Gasteiger partial charge >= 0.3 is 0 Å². The molecule has 1 aliphatic carbocycles. The molecular formula is C97H64N2. The zero-order valence-electron chi connectivity index (χ0n) is 54.4. The summed E-state index contributed by atoms with van der Waals surface area (Å²) in [5.74, 6) is 0. The van der Waals surface area contributed by atoms with Crippen LogP contribution in [0, 0.1) is 0 Å². The maximum Gasteiger partial charge on any atom is 0.0541 e. The highest BCUT2D eigenvalue weighted by Gasteiger charge is 2.23. The summed E-state index contributed by atoms with van der Waals surface area (Å²) >= 11 is 0. The van der Waals surface area contributed by atoms with Crippen LogP contribution in [0.25, 0.3) is 177 Å². The Balaban J connectivity index is 0.661. The predicted molar refractivity (Wildman–Crippen MR) is 418 cm³/mol. The Morgan fingerprint density at radius 1 is 0.152 bits per heavy atom. The molecule has 0 N–H and O–H groups in total. The standard InChI is InChI=1S/C97H64N2/c1-5-21-66(22-6-1)80-29-13-17-33-84(80)74-45-53-94-90(60-74)91-61-75(85-34-18-14-30-81(85)67-23-7-2-8-24-67)46-54-95(91)98(94)78-49-41-64(42-50-78)70-37-39-72-57-73-40-38-71(59-89(73)88(72)58-70)65-43-51-79(52-44-65)99-96-55-47-76(86-35-19-15-31-82(86)68-25-9-3-10-26-68)62-92(96)93-63-77(48-56-97(93)99)87-36-20-16-32-83(87)69-27-11-4-12-28-69/h1-56,58-63H,57H2. The molecule has 1 aliphatic rings. The monoisotopic (exact) mass is 1260 g/mol. The quantitative estimate of drug-likeness (QED) is 0.115. The Morgan fingerprint density at radius 3 is 0.636 bits per heavy atom. The summed E-state index contributed by atoms with van der Waals surface area (Å²) in [5.41, 5.74) is 36.4. The molecule has 2 nitrogen and oxygen atoms in total. The van der Waals surface area contributed by atoms with E-state index in [0.29, 0.717) is 0 Å². The maximum absolute atomic E-state index is 2.45. The van der Waals surface area contributed by atoms with Gasteiger partial charge in [0.15, 0.2) is 0 Å². The Labute approximate surface area is 576 Å². The van der Waals surface area contributed by atoms with Gasteiger partial charge in [0.1, 0.15) is 0 Å². The maximum atomic E-state index is 2.45. The van der Waals surface area contributed by atoms with Gasteiger partial charge in [-0.3, -0.25) is 0 Å². The minimum absolute atomic E-state index is 0.920. The van der Waals surface area contributed by atoms with Crippen LogP contribution in [0.3, 0.4) is 0 Å². The van der Waals surface area contributed by atoms with Crippen LogP contribution in [0.5, 0.6) is 0 Å². The fourth-order valence-corrected chi connectivity index (χ4v) is 15.8. The third kappa shape index (κ3) is 10.1. The van der Waals surface area contributed by atoms with Gasteiger partial charge in [-0.15, -0.1) is 0 Å². The number of hydrogen-bond donors (Lipinski definition) is 0. The first-order valence-corrected chi connectivity index (χ1v) is 34.3. The van der Waals surface area contributed by atoms with E-state index >= 15 is 0 Å². The number of aromatic nitrogens is 2. The first kappa shape index (κ1) is 57.6. The summed E-state index contributed by atoms with van der Waals surface area (Å²) < 4.78 is 4.91. The molecule has 2 heterocycles. The third-order valence-corrected chi connectivity index (χ3v) is 20.6. The number of benzene rings is 16. The number of fused-ring (bicyclic) bond motifs is 9. The molecule has 19 rings (SSSR count). The highest BCUT2D eigenvalue weighted by molar-refractivity contribution is 6.14. The van der Waals surface area contributed by atoms with Crippen LogP contribution in [0.2, 0.25) is 0 Å². The molecule has 0 amide bonds. The van der Waals surface area contributed by atoms with E-state index in [4.69, 9.17) is 0 Å².